The number of fused-ring (bicyclic) bond motifs is 1. The second-order valence-corrected chi connectivity index (χ2v) is 10.1. The third-order valence-corrected chi connectivity index (χ3v) is 6.25. The fourth-order valence-corrected chi connectivity index (χ4v) is 4.46. The largest absolute Gasteiger partial charge is 0.444 e. The van der Waals surface area contributed by atoms with Crippen LogP contribution in [0.25, 0.3) is 0 Å². The van der Waals surface area contributed by atoms with Crippen LogP contribution in [-0.4, -0.2) is 58.5 Å². The Morgan fingerprint density at radius 1 is 1.09 bits per heavy atom. The average Bonchev–Trinajstić information content (AvgIpc) is 3.26. The average molecular weight is 479 g/mol. The molecule has 9 heteroatoms. The van der Waals surface area contributed by atoms with Crippen molar-refractivity contribution in [3.05, 3.63) is 65.2 Å². The highest BCUT2D eigenvalue weighted by molar-refractivity contribution is 6.07. The smallest absolute Gasteiger partial charge is 0.411 e. The van der Waals surface area contributed by atoms with Gasteiger partial charge in [-0.2, -0.15) is 0 Å². The first kappa shape index (κ1) is 24.3. The monoisotopic (exact) mass is 478 g/mol. The molecule has 2 aliphatic rings. The van der Waals surface area contributed by atoms with Crippen LogP contribution in [0.5, 0.6) is 0 Å². The molecule has 2 aromatic carbocycles. The number of benzene rings is 2. The van der Waals surface area contributed by atoms with E-state index in [0.29, 0.717) is 18.5 Å². The van der Waals surface area contributed by atoms with Gasteiger partial charge in [0.1, 0.15) is 17.7 Å². The maximum absolute atomic E-state index is 12.9. The van der Waals surface area contributed by atoms with E-state index in [1.165, 1.54) is 9.80 Å². The maximum atomic E-state index is 12.9. The number of hydrogen-bond donors (Lipinski definition) is 2. The van der Waals surface area contributed by atoms with E-state index in [1.54, 1.807) is 33.9 Å². The molecule has 1 atom stereocenters. The highest BCUT2D eigenvalue weighted by Crippen LogP contribution is 2.38. The summed E-state index contributed by atoms with van der Waals surface area (Å²) in [5, 5.41) is 5.22. The Morgan fingerprint density at radius 2 is 1.77 bits per heavy atom. The number of anilines is 1. The van der Waals surface area contributed by atoms with Crippen LogP contribution in [0.4, 0.5) is 15.3 Å². The Bertz CT molecular complexity index is 1170. The Balaban J connectivity index is 1.46. The molecule has 1 unspecified atom stereocenters. The van der Waals surface area contributed by atoms with Gasteiger partial charge in [-0.3, -0.25) is 19.8 Å². The van der Waals surface area contributed by atoms with Crippen molar-refractivity contribution in [3.8, 4) is 0 Å². The zero-order valence-corrected chi connectivity index (χ0v) is 20.4. The van der Waals surface area contributed by atoms with Gasteiger partial charge in [-0.15, -0.1) is 0 Å². The topological polar surface area (TPSA) is 108 Å². The predicted octanol–water partition coefficient (Wildman–Crippen LogP) is 3.08. The number of nitrogens with zero attached hydrogens (tertiary/aromatic N) is 2. The summed E-state index contributed by atoms with van der Waals surface area (Å²) >= 11 is 0. The number of carbonyl (C=O) groups excluding carboxylic acids is 4. The van der Waals surface area contributed by atoms with Crippen molar-refractivity contribution in [1.82, 2.24) is 15.1 Å². The van der Waals surface area contributed by atoms with E-state index in [4.69, 9.17) is 4.74 Å². The fraction of sp³-hybridized carbons (Fsp3) is 0.385. The predicted molar refractivity (Wildman–Crippen MR) is 130 cm³/mol. The molecule has 1 aliphatic heterocycles. The number of hydrogen-bond acceptors (Lipinski definition) is 5. The third kappa shape index (κ3) is 5.13. The van der Waals surface area contributed by atoms with Gasteiger partial charge in [-0.05, 0) is 49.6 Å². The van der Waals surface area contributed by atoms with E-state index in [-0.39, 0.29) is 24.9 Å². The van der Waals surface area contributed by atoms with Gasteiger partial charge in [0.25, 0.3) is 5.91 Å². The summed E-state index contributed by atoms with van der Waals surface area (Å²) in [6, 6.07) is 14.4. The first-order valence-corrected chi connectivity index (χ1v) is 11.5. The van der Waals surface area contributed by atoms with Gasteiger partial charge in [0.2, 0.25) is 5.91 Å². The fourth-order valence-electron chi connectivity index (χ4n) is 4.46. The van der Waals surface area contributed by atoms with Crippen LogP contribution in [-0.2, 0) is 33.7 Å². The van der Waals surface area contributed by atoms with Crippen LogP contribution < -0.4 is 10.6 Å². The van der Waals surface area contributed by atoms with E-state index < -0.39 is 23.3 Å². The van der Waals surface area contributed by atoms with Gasteiger partial charge >= 0.3 is 12.1 Å². The van der Waals surface area contributed by atoms with E-state index >= 15 is 0 Å². The molecule has 1 aliphatic carbocycles. The molecule has 184 valence electrons. The van der Waals surface area contributed by atoms with Gasteiger partial charge in [-0.1, -0.05) is 36.4 Å². The van der Waals surface area contributed by atoms with Crippen LogP contribution in [0.2, 0.25) is 0 Å². The van der Waals surface area contributed by atoms with E-state index in [1.807, 2.05) is 42.5 Å². The minimum Gasteiger partial charge on any atom is -0.444 e. The number of likely N-dealkylation sites (N-methyl/N-ethyl adjacent to an activating group) is 1. The molecule has 5 amide bonds. The lowest BCUT2D eigenvalue weighted by atomic mass is 9.95. The second kappa shape index (κ2) is 9.05. The molecule has 0 saturated carbocycles. The van der Waals surface area contributed by atoms with Crippen molar-refractivity contribution in [2.45, 2.75) is 51.3 Å². The molecule has 1 saturated heterocycles. The van der Waals surface area contributed by atoms with E-state index in [9.17, 15) is 19.2 Å². The minimum atomic E-state index is -0.925. The van der Waals surface area contributed by atoms with Crippen molar-refractivity contribution >= 4 is 29.6 Å². The van der Waals surface area contributed by atoms with Crippen molar-refractivity contribution in [2.24, 2.45) is 0 Å². The van der Waals surface area contributed by atoms with Gasteiger partial charge in [0, 0.05) is 32.1 Å². The molecule has 2 aromatic rings. The molecule has 1 spiro atoms. The molecule has 0 aromatic heterocycles. The molecule has 2 N–H and O–H groups in total. The third-order valence-electron chi connectivity index (χ3n) is 6.25. The van der Waals surface area contributed by atoms with Crippen LogP contribution in [0.1, 0.15) is 37.5 Å². The van der Waals surface area contributed by atoms with E-state index in [0.717, 1.165) is 16.7 Å². The number of rotatable bonds is 5. The summed E-state index contributed by atoms with van der Waals surface area (Å²) in [6.45, 7) is 5.37. The van der Waals surface area contributed by atoms with Crippen LogP contribution in [0, 0.1) is 0 Å². The maximum Gasteiger partial charge on any atom is 0.411 e. The molecule has 1 fully saturated rings. The van der Waals surface area contributed by atoms with Crippen LogP contribution in [0.3, 0.4) is 0 Å². The summed E-state index contributed by atoms with van der Waals surface area (Å²) < 4.78 is 5.50. The second-order valence-electron chi connectivity index (χ2n) is 10.1. The molecular weight excluding hydrogens is 448 g/mol. The lowest BCUT2D eigenvalue weighted by molar-refractivity contribution is -0.125. The summed E-state index contributed by atoms with van der Waals surface area (Å²) in [4.78, 5) is 53.0. The van der Waals surface area contributed by atoms with Gasteiger partial charge in [-0.25, -0.2) is 9.59 Å². The number of ether oxygens (including phenoxy) is 1. The number of nitrogens with one attached hydrogen (secondary N) is 2. The number of imide groups is 1. The summed E-state index contributed by atoms with van der Waals surface area (Å²) in [5.41, 5.74) is 1.67. The Morgan fingerprint density at radius 3 is 2.40 bits per heavy atom. The molecule has 4 rings (SSSR count). The zero-order valence-electron chi connectivity index (χ0n) is 20.4. The summed E-state index contributed by atoms with van der Waals surface area (Å²) in [5.74, 6) is -0.675. The van der Waals surface area contributed by atoms with Crippen LogP contribution in [0.15, 0.2) is 48.5 Å². The Labute approximate surface area is 204 Å². The molecule has 35 heavy (non-hydrogen) atoms. The first-order chi connectivity index (χ1) is 16.5. The minimum absolute atomic E-state index is 0.190. The zero-order chi connectivity index (χ0) is 25.4. The standard InChI is InChI=1S/C26H30N4O5/c1-25(2,3)35-24(34)30(15-17-8-6-5-7-9-17)16-21(31)27-20-11-10-18-13-26(14-19(18)12-20)22(32)28-23(33)29(26)4/h5-12H,13-16H2,1-4H3,(H,27,31)(H,28,32,33). The molecule has 0 radical (unpaired) electrons. The summed E-state index contributed by atoms with van der Waals surface area (Å²) in [6.07, 6.45) is 0.221. The van der Waals surface area contributed by atoms with Gasteiger partial charge in [0.15, 0.2) is 0 Å². The normalized spacial score (nSPS) is 18.9. The molecule has 1 heterocycles. The SMILES string of the molecule is CN1C(=O)NC(=O)C12Cc1ccc(NC(=O)CN(Cc3ccccc3)C(=O)OC(C)(C)C)cc1C2. The summed E-state index contributed by atoms with van der Waals surface area (Å²) in [7, 11) is 1.62. The van der Waals surface area contributed by atoms with Crippen molar-refractivity contribution in [2.75, 3.05) is 18.9 Å². The van der Waals surface area contributed by atoms with Crippen molar-refractivity contribution < 1.29 is 23.9 Å². The number of urea groups is 1. The Hall–Kier alpha value is -3.88. The first-order valence-electron chi connectivity index (χ1n) is 11.5. The highest BCUT2D eigenvalue weighted by atomic mass is 16.6. The quantitative estimate of drug-likeness (QED) is 0.642. The van der Waals surface area contributed by atoms with Gasteiger partial charge < -0.3 is 15.0 Å². The molecular formula is C26H30N4O5. The van der Waals surface area contributed by atoms with Crippen molar-refractivity contribution in [3.63, 3.8) is 0 Å². The lowest BCUT2D eigenvalue weighted by Gasteiger charge is -2.27. The molecule has 0 bridgehead atoms. The highest BCUT2D eigenvalue weighted by Gasteiger charge is 2.54. The van der Waals surface area contributed by atoms with E-state index in [2.05, 4.69) is 10.6 Å². The molecule has 9 nitrogen and oxygen atoms in total. The Kier molecular flexibility index (Phi) is 6.27. The number of carbonyl (C=O) groups is 4. The number of amides is 5. The lowest BCUT2D eigenvalue weighted by Crippen LogP contribution is -2.48. The van der Waals surface area contributed by atoms with Crippen LogP contribution >= 0.6 is 0 Å². The van der Waals surface area contributed by atoms with Gasteiger partial charge in [0.05, 0.1) is 0 Å². The van der Waals surface area contributed by atoms with Crippen molar-refractivity contribution in [1.29, 1.82) is 0 Å².